The lowest BCUT2D eigenvalue weighted by molar-refractivity contribution is -0.116. The van der Waals surface area contributed by atoms with E-state index in [0.717, 1.165) is 0 Å². The van der Waals surface area contributed by atoms with E-state index in [2.05, 4.69) is 5.32 Å². The van der Waals surface area contributed by atoms with Gasteiger partial charge in [-0.15, -0.1) is 0 Å². The fraction of sp³-hybridized carbons (Fsp3) is 0.211. The van der Waals surface area contributed by atoms with Crippen LogP contribution >= 0.6 is 0 Å². The average Bonchev–Trinajstić information content (AvgIpc) is 2.97. The molecule has 0 unspecified atom stereocenters. The Morgan fingerprint density at radius 1 is 1.22 bits per heavy atom. The third-order valence-electron chi connectivity index (χ3n) is 4.12. The third kappa shape index (κ3) is 4.00. The highest BCUT2D eigenvalue weighted by atomic mass is 16.5. The number of hydrogen-bond acceptors (Lipinski definition) is 5. The molecule has 0 aliphatic carbocycles. The largest absolute Gasteiger partial charge is 0.495 e. The first-order valence-electron chi connectivity index (χ1n) is 8.35. The quantitative estimate of drug-likeness (QED) is 0.662. The second-order valence-electron chi connectivity index (χ2n) is 5.92. The Morgan fingerprint density at radius 3 is 2.74 bits per heavy atom. The summed E-state index contributed by atoms with van der Waals surface area (Å²) in [5.74, 6) is -0.895. The fourth-order valence-corrected chi connectivity index (χ4v) is 2.80. The van der Waals surface area contributed by atoms with Crippen LogP contribution in [-0.4, -0.2) is 23.5 Å². The summed E-state index contributed by atoms with van der Waals surface area (Å²) in [5.41, 5.74) is 7.10. The SMILES string of the molecule is COc1ccc(C(N)=O)cc1NC(=O)CCCn1c(=O)oc2ccccc21. The van der Waals surface area contributed by atoms with Crippen molar-refractivity contribution >= 4 is 28.6 Å². The van der Waals surface area contributed by atoms with Gasteiger partial charge in [-0.25, -0.2) is 4.79 Å². The second-order valence-corrected chi connectivity index (χ2v) is 5.92. The number of carbonyl (C=O) groups is 2. The van der Waals surface area contributed by atoms with Gasteiger partial charge in [0.05, 0.1) is 18.3 Å². The number of nitrogens with two attached hydrogens (primary N) is 1. The van der Waals surface area contributed by atoms with Gasteiger partial charge in [-0.2, -0.15) is 0 Å². The molecular formula is C19H19N3O5. The minimum atomic E-state index is -0.598. The Balaban J connectivity index is 1.65. The Morgan fingerprint density at radius 2 is 2.00 bits per heavy atom. The predicted molar refractivity (Wildman–Crippen MR) is 99.8 cm³/mol. The second kappa shape index (κ2) is 7.77. The number of carbonyl (C=O) groups excluding carboxylic acids is 2. The number of aromatic nitrogens is 1. The highest BCUT2D eigenvalue weighted by Gasteiger charge is 2.12. The molecule has 0 aliphatic heterocycles. The summed E-state index contributed by atoms with van der Waals surface area (Å²) in [7, 11) is 1.46. The van der Waals surface area contributed by atoms with Crippen molar-refractivity contribution in [3.05, 3.63) is 58.6 Å². The van der Waals surface area contributed by atoms with Crippen LogP contribution in [0, 0.1) is 0 Å². The van der Waals surface area contributed by atoms with Crippen LogP contribution in [0.3, 0.4) is 0 Å². The van der Waals surface area contributed by atoms with Gasteiger partial charge in [0, 0.05) is 18.5 Å². The number of nitrogens with one attached hydrogen (secondary N) is 1. The van der Waals surface area contributed by atoms with Crippen LogP contribution < -0.4 is 21.5 Å². The van der Waals surface area contributed by atoms with E-state index in [1.54, 1.807) is 24.3 Å². The van der Waals surface area contributed by atoms with Crippen molar-refractivity contribution in [2.75, 3.05) is 12.4 Å². The first kappa shape index (κ1) is 18.2. The van der Waals surface area contributed by atoms with Gasteiger partial charge in [0.15, 0.2) is 5.58 Å². The zero-order valence-electron chi connectivity index (χ0n) is 14.7. The summed E-state index contributed by atoms with van der Waals surface area (Å²) in [4.78, 5) is 35.5. The maximum absolute atomic E-state index is 12.2. The van der Waals surface area contributed by atoms with Gasteiger partial charge in [-0.1, -0.05) is 12.1 Å². The molecule has 0 fully saturated rings. The molecule has 1 heterocycles. The van der Waals surface area contributed by atoms with Crippen LogP contribution in [0.25, 0.3) is 11.1 Å². The number of methoxy groups -OCH3 is 1. The van der Waals surface area contributed by atoms with Crippen molar-refractivity contribution in [2.45, 2.75) is 19.4 Å². The van der Waals surface area contributed by atoms with Gasteiger partial charge >= 0.3 is 5.76 Å². The number of oxazole rings is 1. The Hall–Kier alpha value is -3.55. The third-order valence-corrected chi connectivity index (χ3v) is 4.12. The summed E-state index contributed by atoms with van der Waals surface area (Å²) in [5, 5.41) is 2.71. The van der Waals surface area contributed by atoms with Crippen molar-refractivity contribution in [3.8, 4) is 5.75 Å². The minimum Gasteiger partial charge on any atom is -0.495 e. The van der Waals surface area contributed by atoms with Crippen molar-refractivity contribution in [1.29, 1.82) is 0 Å². The van der Waals surface area contributed by atoms with Gasteiger partial charge in [-0.3, -0.25) is 14.2 Å². The summed E-state index contributed by atoms with van der Waals surface area (Å²) in [6.07, 6.45) is 0.614. The van der Waals surface area contributed by atoms with E-state index in [0.29, 0.717) is 35.5 Å². The zero-order valence-corrected chi connectivity index (χ0v) is 14.7. The fourth-order valence-electron chi connectivity index (χ4n) is 2.80. The normalized spacial score (nSPS) is 10.7. The summed E-state index contributed by atoms with van der Waals surface area (Å²) in [6, 6.07) is 11.7. The number of nitrogens with zero attached hydrogens (tertiary/aromatic N) is 1. The van der Waals surface area contributed by atoms with Crippen molar-refractivity contribution in [1.82, 2.24) is 4.57 Å². The molecule has 0 saturated carbocycles. The highest BCUT2D eigenvalue weighted by molar-refractivity contribution is 5.97. The van der Waals surface area contributed by atoms with Gasteiger partial charge < -0.3 is 20.2 Å². The molecule has 0 radical (unpaired) electrons. The Bertz CT molecular complexity index is 1050. The number of rotatable bonds is 7. The van der Waals surface area contributed by atoms with Crippen LogP contribution in [-0.2, 0) is 11.3 Å². The lowest BCUT2D eigenvalue weighted by atomic mass is 10.1. The molecule has 3 N–H and O–H groups in total. The summed E-state index contributed by atoms with van der Waals surface area (Å²) >= 11 is 0. The minimum absolute atomic E-state index is 0.176. The molecule has 2 aromatic carbocycles. The average molecular weight is 369 g/mol. The van der Waals surface area contributed by atoms with Crippen LogP contribution in [0.15, 0.2) is 51.7 Å². The number of amides is 2. The van der Waals surface area contributed by atoms with Gasteiger partial charge in [-0.05, 0) is 36.8 Å². The van der Waals surface area contributed by atoms with Gasteiger partial charge in [0.2, 0.25) is 11.8 Å². The zero-order chi connectivity index (χ0) is 19.4. The molecule has 3 rings (SSSR count). The number of ether oxygens (including phenoxy) is 1. The lowest BCUT2D eigenvalue weighted by Crippen LogP contribution is -2.18. The van der Waals surface area contributed by atoms with Crippen molar-refractivity contribution in [3.63, 3.8) is 0 Å². The number of aryl methyl sites for hydroxylation is 1. The maximum atomic E-state index is 12.2. The molecule has 3 aromatic rings. The Labute approximate surface area is 154 Å². The molecule has 8 heteroatoms. The van der Waals surface area contributed by atoms with E-state index < -0.39 is 11.7 Å². The van der Waals surface area contributed by atoms with Crippen molar-refractivity contribution < 1.29 is 18.7 Å². The number of anilines is 1. The van der Waals surface area contributed by atoms with Gasteiger partial charge in [0.25, 0.3) is 0 Å². The topological polar surface area (TPSA) is 117 Å². The first-order valence-corrected chi connectivity index (χ1v) is 8.35. The Kier molecular flexibility index (Phi) is 5.25. The van der Waals surface area contributed by atoms with E-state index in [4.69, 9.17) is 14.9 Å². The number of fused-ring (bicyclic) bond motifs is 1. The highest BCUT2D eigenvalue weighted by Crippen LogP contribution is 2.25. The van der Waals surface area contributed by atoms with Crippen LogP contribution in [0.1, 0.15) is 23.2 Å². The van der Waals surface area contributed by atoms with Gasteiger partial charge in [0.1, 0.15) is 5.75 Å². The molecule has 8 nitrogen and oxygen atoms in total. The molecular weight excluding hydrogens is 350 g/mol. The lowest BCUT2D eigenvalue weighted by Gasteiger charge is -2.11. The molecule has 2 amide bonds. The maximum Gasteiger partial charge on any atom is 0.419 e. The monoisotopic (exact) mass is 369 g/mol. The van der Waals surface area contributed by atoms with E-state index >= 15 is 0 Å². The number of hydrogen-bond donors (Lipinski definition) is 2. The standard InChI is InChI=1S/C19H19N3O5/c1-26-15-9-8-12(18(20)24)11-13(15)21-17(23)7-4-10-22-14-5-2-3-6-16(14)27-19(22)25/h2-3,5-6,8-9,11H,4,7,10H2,1H3,(H2,20,24)(H,21,23). The molecule has 140 valence electrons. The summed E-state index contributed by atoms with van der Waals surface area (Å²) < 4.78 is 11.8. The molecule has 0 saturated heterocycles. The number of para-hydroxylation sites is 2. The molecule has 0 spiro atoms. The summed E-state index contributed by atoms with van der Waals surface area (Å²) in [6.45, 7) is 0.349. The molecule has 0 aliphatic rings. The first-order chi connectivity index (χ1) is 13.0. The van der Waals surface area contributed by atoms with Crippen LogP contribution in [0.4, 0.5) is 5.69 Å². The van der Waals surface area contributed by atoms with E-state index in [1.807, 2.05) is 6.07 Å². The van der Waals surface area contributed by atoms with Crippen LogP contribution in [0.5, 0.6) is 5.75 Å². The molecule has 1 aromatic heterocycles. The van der Waals surface area contributed by atoms with Crippen molar-refractivity contribution in [2.24, 2.45) is 5.73 Å². The van der Waals surface area contributed by atoms with E-state index in [1.165, 1.54) is 23.8 Å². The number of benzene rings is 2. The predicted octanol–water partition coefficient (Wildman–Crippen LogP) is 2.12. The molecule has 0 bridgehead atoms. The molecule has 0 atom stereocenters. The van der Waals surface area contributed by atoms with E-state index in [9.17, 15) is 14.4 Å². The molecule has 27 heavy (non-hydrogen) atoms. The van der Waals surface area contributed by atoms with E-state index in [-0.39, 0.29) is 17.9 Å². The smallest absolute Gasteiger partial charge is 0.419 e. The van der Waals surface area contributed by atoms with Crippen LogP contribution in [0.2, 0.25) is 0 Å². The number of primary amides is 1.